The van der Waals surface area contributed by atoms with Crippen molar-refractivity contribution in [2.75, 3.05) is 5.73 Å². The number of nitrogens with zero attached hydrogens (tertiary/aromatic N) is 2. The molecule has 3 N–H and O–H groups in total. The minimum Gasteiger partial charge on any atom is -0.479 e. The molecule has 0 saturated carbocycles. The maximum Gasteiger partial charge on any atom is 0.335 e. The number of carbonyl (C=O) groups is 1. The Kier molecular flexibility index (Phi) is 4.46. The molecule has 0 spiro atoms. The number of hydrogen-bond acceptors (Lipinski definition) is 4. The van der Waals surface area contributed by atoms with Gasteiger partial charge in [0, 0.05) is 11.1 Å². The van der Waals surface area contributed by atoms with Gasteiger partial charge in [0.05, 0.1) is 24.4 Å². The number of aliphatic carboxylic acids is 1. The number of rotatable bonds is 6. The van der Waals surface area contributed by atoms with Crippen LogP contribution in [0.2, 0.25) is 0 Å². The molecule has 0 bridgehead atoms. The lowest BCUT2D eigenvalue weighted by molar-refractivity contribution is -0.162. The summed E-state index contributed by atoms with van der Waals surface area (Å²) < 4.78 is 7.46. The molecule has 0 aliphatic heterocycles. The summed E-state index contributed by atoms with van der Waals surface area (Å²) in [6, 6.07) is 15.6. The van der Waals surface area contributed by atoms with E-state index in [1.54, 1.807) is 0 Å². The van der Waals surface area contributed by atoms with Gasteiger partial charge in [-0.3, -0.25) is 4.68 Å². The van der Waals surface area contributed by atoms with Crippen molar-refractivity contribution in [1.29, 1.82) is 0 Å². The molecule has 3 rings (SSSR count). The van der Waals surface area contributed by atoms with Gasteiger partial charge in [-0.2, -0.15) is 5.10 Å². The second-order valence-electron chi connectivity index (χ2n) is 6.47. The first-order valence-corrected chi connectivity index (χ1v) is 8.03. The Morgan fingerprint density at radius 2 is 1.96 bits per heavy atom. The number of nitrogen functional groups attached to an aromatic ring is 1. The van der Waals surface area contributed by atoms with Gasteiger partial charge in [0.1, 0.15) is 0 Å². The molecule has 0 saturated heterocycles. The molecule has 6 heteroatoms. The van der Waals surface area contributed by atoms with Crippen LogP contribution in [0.25, 0.3) is 10.9 Å². The van der Waals surface area contributed by atoms with E-state index in [1.165, 1.54) is 13.8 Å². The Bertz CT molecular complexity index is 901. The van der Waals surface area contributed by atoms with E-state index in [0.717, 1.165) is 16.5 Å². The van der Waals surface area contributed by atoms with Crippen molar-refractivity contribution in [2.24, 2.45) is 0 Å². The summed E-state index contributed by atoms with van der Waals surface area (Å²) in [7, 11) is 0. The summed E-state index contributed by atoms with van der Waals surface area (Å²) in [6.07, 6.45) is 0. The van der Waals surface area contributed by atoms with Crippen molar-refractivity contribution >= 4 is 22.6 Å². The molecule has 3 aromatic rings. The van der Waals surface area contributed by atoms with E-state index in [2.05, 4.69) is 5.10 Å². The molecule has 130 valence electrons. The molecule has 2 aromatic carbocycles. The number of hydrogen-bond donors (Lipinski definition) is 2. The molecular formula is C19H21N3O3. The monoisotopic (exact) mass is 339 g/mol. The molecule has 6 nitrogen and oxygen atoms in total. The van der Waals surface area contributed by atoms with Crippen LogP contribution in [0.1, 0.15) is 25.1 Å². The van der Waals surface area contributed by atoms with Crippen LogP contribution in [0.4, 0.5) is 5.69 Å². The van der Waals surface area contributed by atoms with E-state index in [9.17, 15) is 9.90 Å². The first kappa shape index (κ1) is 17.0. The summed E-state index contributed by atoms with van der Waals surface area (Å²) >= 11 is 0. The lowest BCUT2D eigenvalue weighted by Crippen LogP contribution is -2.34. The van der Waals surface area contributed by atoms with Crippen molar-refractivity contribution in [3.63, 3.8) is 0 Å². The Morgan fingerprint density at radius 3 is 2.64 bits per heavy atom. The van der Waals surface area contributed by atoms with Crippen molar-refractivity contribution in [2.45, 2.75) is 32.6 Å². The Labute approximate surface area is 145 Å². The van der Waals surface area contributed by atoms with Crippen molar-refractivity contribution in [3.05, 3.63) is 59.8 Å². The van der Waals surface area contributed by atoms with E-state index < -0.39 is 11.6 Å². The number of carboxylic acid groups (broad SMARTS) is 1. The van der Waals surface area contributed by atoms with Gasteiger partial charge >= 0.3 is 5.97 Å². The van der Waals surface area contributed by atoms with E-state index >= 15 is 0 Å². The fourth-order valence-electron chi connectivity index (χ4n) is 2.56. The molecule has 1 heterocycles. The smallest absolute Gasteiger partial charge is 0.335 e. The van der Waals surface area contributed by atoms with Crippen LogP contribution in [0.5, 0.6) is 0 Å². The van der Waals surface area contributed by atoms with Crippen molar-refractivity contribution in [1.82, 2.24) is 9.78 Å². The van der Waals surface area contributed by atoms with Gasteiger partial charge in [-0.15, -0.1) is 0 Å². The summed E-state index contributed by atoms with van der Waals surface area (Å²) in [5.74, 6) is -1.01. The second-order valence-corrected chi connectivity index (χ2v) is 6.47. The number of ether oxygens (including phenoxy) is 1. The van der Waals surface area contributed by atoms with Crippen LogP contribution >= 0.6 is 0 Å². The standard InChI is InChI=1S/C19H21N3O3/c1-19(2,18(23)24)25-12-16-15-10-14(20)8-9-17(15)22(21-16)11-13-6-4-3-5-7-13/h3-10H,11-12,20H2,1-2H3,(H,23,24). The van der Waals surface area contributed by atoms with Crippen LogP contribution < -0.4 is 5.73 Å². The number of aromatic nitrogens is 2. The Balaban J connectivity index is 1.95. The lowest BCUT2D eigenvalue weighted by atomic mass is 10.1. The summed E-state index contributed by atoms with van der Waals surface area (Å²) in [6.45, 7) is 3.75. The highest BCUT2D eigenvalue weighted by Crippen LogP contribution is 2.24. The zero-order valence-electron chi connectivity index (χ0n) is 14.3. The van der Waals surface area contributed by atoms with Crippen LogP contribution in [-0.4, -0.2) is 26.5 Å². The average Bonchev–Trinajstić information content (AvgIpc) is 2.91. The predicted molar refractivity (Wildman–Crippen MR) is 96.2 cm³/mol. The molecule has 0 amide bonds. The van der Waals surface area contributed by atoms with Crippen LogP contribution in [0, 0.1) is 0 Å². The molecule has 0 aliphatic rings. The summed E-state index contributed by atoms with van der Waals surface area (Å²) in [5, 5.41) is 14.7. The summed E-state index contributed by atoms with van der Waals surface area (Å²) in [4.78, 5) is 11.2. The first-order chi connectivity index (χ1) is 11.9. The third-order valence-corrected chi connectivity index (χ3v) is 4.11. The molecule has 0 radical (unpaired) electrons. The number of nitrogens with two attached hydrogens (primary N) is 1. The van der Waals surface area contributed by atoms with Crippen LogP contribution in [0.3, 0.4) is 0 Å². The predicted octanol–water partition coefficient (Wildman–Crippen LogP) is 3.05. The van der Waals surface area contributed by atoms with E-state index in [-0.39, 0.29) is 6.61 Å². The molecule has 0 atom stereocenters. The van der Waals surface area contributed by atoms with E-state index in [1.807, 2.05) is 53.2 Å². The first-order valence-electron chi connectivity index (χ1n) is 8.03. The minimum absolute atomic E-state index is 0.0983. The zero-order chi connectivity index (χ0) is 18.0. The fraction of sp³-hybridized carbons (Fsp3) is 0.263. The van der Waals surface area contributed by atoms with Gasteiger partial charge in [0.25, 0.3) is 0 Å². The third-order valence-electron chi connectivity index (χ3n) is 4.11. The SMILES string of the molecule is CC(C)(OCc1nn(Cc2ccccc2)c2ccc(N)cc12)C(=O)O. The highest BCUT2D eigenvalue weighted by Gasteiger charge is 2.28. The van der Waals surface area contributed by atoms with Gasteiger partial charge in [0.2, 0.25) is 0 Å². The van der Waals surface area contributed by atoms with E-state index in [0.29, 0.717) is 17.9 Å². The highest BCUT2D eigenvalue weighted by atomic mass is 16.5. The van der Waals surface area contributed by atoms with Gasteiger partial charge in [-0.1, -0.05) is 30.3 Å². The normalized spacial score (nSPS) is 11.8. The zero-order valence-corrected chi connectivity index (χ0v) is 14.3. The maximum absolute atomic E-state index is 11.2. The van der Waals surface area contributed by atoms with Gasteiger partial charge < -0.3 is 15.6 Å². The number of anilines is 1. The molecular weight excluding hydrogens is 318 g/mol. The van der Waals surface area contributed by atoms with Gasteiger partial charge in [-0.25, -0.2) is 4.79 Å². The van der Waals surface area contributed by atoms with Gasteiger partial charge in [-0.05, 0) is 37.6 Å². The van der Waals surface area contributed by atoms with Crippen molar-refractivity contribution < 1.29 is 14.6 Å². The average molecular weight is 339 g/mol. The topological polar surface area (TPSA) is 90.4 Å². The number of carboxylic acids is 1. The highest BCUT2D eigenvalue weighted by molar-refractivity contribution is 5.85. The largest absolute Gasteiger partial charge is 0.479 e. The Hall–Kier alpha value is -2.86. The third kappa shape index (κ3) is 3.64. The lowest BCUT2D eigenvalue weighted by Gasteiger charge is -2.19. The number of fused-ring (bicyclic) bond motifs is 1. The van der Waals surface area contributed by atoms with Crippen LogP contribution in [0.15, 0.2) is 48.5 Å². The second kappa shape index (κ2) is 6.57. The molecule has 0 unspecified atom stereocenters. The fourth-order valence-corrected chi connectivity index (χ4v) is 2.56. The van der Waals surface area contributed by atoms with Gasteiger partial charge in [0.15, 0.2) is 5.60 Å². The number of benzene rings is 2. The molecule has 0 fully saturated rings. The van der Waals surface area contributed by atoms with Crippen LogP contribution in [-0.2, 0) is 22.7 Å². The molecule has 0 aliphatic carbocycles. The van der Waals surface area contributed by atoms with Crippen molar-refractivity contribution in [3.8, 4) is 0 Å². The quantitative estimate of drug-likeness (QED) is 0.674. The Morgan fingerprint density at radius 1 is 1.24 bits per heavy atom. The molecule has 1 aromatic heterocycles. The minimum atomic E-state index is -1.28. The van der Waals surface area contributed by atoms with E-state index in [4.69, 9.17) is 10.5 Å². The molecule has 25 heavy (non-hydrogen) atoms. The maximum atomic E-state index is 11.2. The summed E-state index contributed by atoms with van der Waals surface area (Å²) in [5.41, 5.74) is 8.00.